The van der Waals surface area contributed by atoms with Crippen LogP contribution in [0.4, 0.5) is 0 Å². The Morgan fingerprint density at radius 2 is 1.56 bits per heavy atom. The summed E-state index contributed by atoms with van der Waals surface area (Å²) in [5.41, 5.74) is 0. The molecule has 0 aromatic carbocycles. The molecule has 0 unspecified atom stereocenters. The molecule has 2 heteroatoms. The molecule has 0 aliphatic carbocycles. The molecule has 58 valence electrons. The second-order valence-electron chi connectivity index (χ2n) is 3.19. The molecule has 0 saturated carbocycles. The summed E-state index contributed by atoms with van der Waals surface area (Å²) in [6.45, 7) is 7.95. The van der Waals surface area contributed by atoms with Gasteiger partial charge in [0.2, 0.25) is 0 Å². The summed E-state index contributed by atoms with van der Waals surface area (Å²) in [4.78, 5) is 0. The predicted octanol–water partition coefficient (Wildman–Crippen LogP) is -1.50. The van der Waals surface area contributed by atoms with Gasteiger partial charge in [-0.15, -0.1) is 0 Å². The Kier molecular flexibility index (Phi) is 6.18. The number of halogens is 1. The van der Waals surface area contributed by atoms with Crippen molar-refractivity contribution in [2.45, 2.75) is 26.8 Å². The third-order valence-corrected chi connectivity index (χ3v) is 2.21. The summed E-state index contributed by atoms with van der Waals surface area (Å²) in [7, 11) is 4.51. The maximum Gasteiger partial charge on any atom is 0.0829 e. The predicted molar refractivity (Wildman–Crippen MR) is 37.8 cm³/mol. The van der Waals surface area contributed by atoms with Gasteiger partial charge in [0.1, 0.15) is 0 Å². The lowest BCUT2D eigenvalue weighted by Crippen LogP contribution is -3.00. The minimum atomic E-state index is 0. The molecule has 0 bridgehead atoms. The van der Waals surface area contributed by atoms with E-state index in [9.17, 15) is 0 Å². The average molecular weight is 243 g/mol. The number of quaternary nitrogens is 1. The van der Waals surface area contributed by atoms with Gasteiger partial charge in [0.15, 0.2) is 0 Å². The highest BCUT2D eigenvalue weighted by atomic mass is 127. The van der Waals surface area contributed by atoms with Crippen LogP contribution in [0.5, 0.6) is 0 Å². The van der Waals surface area contributed by atoms with E-state index in [1.807, 2.05) is 0 Å². The third-order valence-electron chi connectivity index (χ3n) is 2.21. The number of nitrogens with zero attached hydrogens (tertiary/aromatic N) is 1. The lowest BCUT2D eigenvalue weighted by Gasteiger charge is -2.32. The molecule has 0 spiro atoms. The van der Waals surface area contributed by atoms with Crippen molar-refractivity contribution in [2.24, 2.45) is 0 Å². The van der Waals surface area contributed by atoms with Gasteiger partial charge in [0.25, 0.3) is 0 Å². The molecule has 0 radical (unpaired) electrons. The molecule has 1 nitrogen and oxygen atoms in total. The van der Waals surface area contributed by atoms with E-state index in [0.29, 0.717) is 0 Å². The molecule has 0 heterocycles. The Balaban J connectivity index is 0. The van der Waals surface area contributed by atoms with Crippen LogP contribution in [0.1, 0.15) is 20.8 Å². The van der Waals surface area contributed by atoms with Gasteiger partial charge in [-0.05, 0) is 20.8 Å². The lowest BCUT2D eigenvalue weighted by atomic mass is 10.3. The first-order valence-corrected chi connectivity index (χ1v) is 3.33. The molecule has 0 fully saturated rings. The monoisotopic (exact) mass is 243 g/mol. The zero-order valence-electron chi connectivity index (χ0n) is 7.11. The highest BCUT2D eigenvalue weighted by Gasteiger charge is 2.15. The van der Waals surface area contributed by atoms with E-state index in [-0.39, 0.29) is 24.0 Å². The topological polar surface area (TPSA) is 0 Å². The van der Waals surface area contributed by atoms with E-state index < -0.39 is 0 Å². The van der Waals surface area contributed by atoms with Crippen molar-refractivity contribution in [3.05, 3.63) is 0 Å². The van der Waals surface area contributed by atoms with E-state index in [1.165, 1.54) is 6.54 Å². The number of rotatable bonds is 2. The fourth-order valence-corrected chi connectivity index (χ4v) is 0.365. The molecule has 0 aromatic rings. The molecule has 0 aromatic heterocycles. The summed E-state index contributed by atoms with van der Waals surface area (Å²) in [5.74, 6) is 0. The van der Waals surface area contributed by atoms with Crippen molar-refractivity contribution in [3.63, 3.8) is 0 Å². The van der Waals surface area contributed by atoms with Gasteiger partial charge in [-0.1, -0.05) is 0 Å². The molecule has 0 aliphatic heterocycles. The van der Waals surface area contributed by atoms with Crippen LogP contribution in [0.3, 0.4) is 0 Å². The fourth-order valence-electron chi connectivity index (χ4n) is 0.365. The molecule has 0 saturated heterocycles. The summed E-state index contributed by atoms with van der Waals surface area (Å²) in [6, 6.07) is 0.750. The van der Waals surface area contributed by atoms with E-state index in [4.69, 9.17) is 0 Å². The normalized spacial score (nSPS) is 11.3. The Morgan fingerprint density at radius 3 is 1.56 bits per heavy atom. The summed E-state index contributed by atoms with van der Waals surface area (Å²) in [5, 5.41) is 0. The molecule has 0 atom stereocenters. The Bertz CT molecular complexity index is 69.3. The van der Waals surface area contributed by atoms with Crippen molar-refractivity contribution in [1.29, 1.82) is 0 Å². The van der Waals surface area contributed by atoms with E-state index in [2.05, 4.69) is 34.9 Å². The molecular weight excluding hydrogens is 225 g/mol. The van der Waals surface area contributed by atoms with Gasteiger partial charge >= 0.3 is 0 Å². The third kappa shape index (κ3) is 4.14. The van der Waals surface area contributed by atoms with E-state index >= 15 is 0 Å². The zero-order chi connectivity index (χ0) is 6.78. The van der Waals surface area contributed by atoms with E-state index in [1.54, 1.807) is 0 Å². The Hall–Kier alpha value is 0.690. The SMILES string of the molecule is CC[N+](C)(C)C(C)C.[I-]. The van der Waals surface area contributed by atoms with Crippen molar-refractivity contribution >= 4 is 0 Å². The van der Waals surface area contributed by atoms with Gasteiger partial charge in [-0.2, -0.15) is 0 Å². The average Bonchev–Trinajstić information content (AvgIpc) is 1.67. The van der Waals surface area contributed by atoms with Crippen molar-refractivity contribution in [1.82, 2.24) is 0 Å². The van der Waals surface area contributed by atoms with Crippen LogP contribution in [0, 0.1) is 0 Å². The van der Waals surface area contributed by atoms with Gasteiger partial charge in [-0.3, -0.25) is 0 Å². The molecular formula is C7H18IN. The molecule has 0 amide bonds. The van der Waals surface area contributed by atoms with Crippen LogP contribution in [-0.4, -0.2) is 31.2 Å². The molecule has 0 aliphatic rings. The first kappa shape index (κ1) is 12.4. The van der Waals surface area contributed by atoms with Crippen molar-refractivity contribution in [2.75, 3.05) is 20.6 Å². The van der Waals surface area contributed by atoms with Crippen molar-refractivity contribution < 1.29 is 28.5 Å². The highest BCUT2D eigenvalue weighted by molar-refractivity contribution is 4.35. The van der Waals surface area contributed by atoms with Crippen LogP contribution >= 0.6 is 0 Å². The molecule has 9 heavy (non-hydrogen) atoms. The maximum absolute atomic E-state index is 2.25. The summed E-state index contributed by atoms with van der Waals surface area (Å²) in [6.07, 6.45) is 0. The minimum absolute atomic E-state index is 0. The summed E-state index contributed by atoms with van der Waals surface area (Å²) < 4.78 is 1.12. The maximum atomic E-state index is 2.25. The zero-order valence-corrected chi connectivity index (χ0v) is 9.27. The smallest absolute Gasteiger partial charge is 0.0829 e. The van der Waals surface area contributed by atoms with Crippen LogP contribution in [0.25, 0.3) is 0 Å². The first-order chi connectivity index (χ1) is 3.50. The van der Waals surface area contributed by atoms with Crippen LogP contribution in [0.2, 0.25) is 0 Å². The fraction of sp³-hybridized carbons (Fsp3) is 1.00. The molecule has 0 rings (SSSR count). The molecule has 0 N–H and O–H groups in total. The van der Waals surface area contributed by atoms with Gasteiger partial charge in [0.05, 0.1) is 26.7 Å². The standard InChI is InChI=1S/C7H18N.HI/c1-6-8(4,5)7(2)3;/h7H,6H2,1-5H3;1H/q+1;/p-1. The van der Waals surface area contributed by atoms with Crippen LogP contribution < -0.4 is 24.0 Å². The number of hydrogen-bond donors (Lipinski definition) is 0. The number of hydrogen-bond acceptors (Lipinski definition) is 0. The van der Waals surface area contributed by atoms with Gasteiger partial charge in [-0.25, -0.2) is 0 Å². The van der Waals surface area contributed by atoms with Crippen molar-refractivity contribution in [3.8, 4) is 0 Å². The first-order valence-electron chi connectivity index (χ1n) is 3.33. The van der Waals surface area contributed by atoms with Gasteiger partial charge < -0.3 is 28.5 Å². The highest BCUT2D eigenvalue weighted by Crippen LogP contribution is 2.02. The van der Waals surface area contributed by atoms with Crippen LogP contribution in [0.15, 0.2) is 0 Å². The second-order valence-corrected chi connectivity index (χ2v) is 3.19. The van der Waals surface area contributed by atoms with Gasteiger partial charge in [0, 0.05) is 0 Å². The largest absolute Gasteiger partial charge is 1.00 e. The Labute approximate surface area is 76.0 Å². The summed E-state index contributed by atoms with van der Waals surface area (Å²) >= 11 is 0. The quantitative estimate of drug-likeness (QED) is 0.409. The lowest BCUT2D eigenvalue weighted by molar-refractivity contribution is -0.909. The van der Waals surface area contributed by atoms with E-state index in [0.717, 1.165) is 10.5 Å². The van der Waals surface area contributed by atoms with Crippen LogP contribution in [-0.2, 0) is 0 Å². The Morgan fingerprint density at radius 1 is 1.22 bits per heavy atom. The minimum Gasteiger partial charge on any atom is -1.00 e. The second kappa shape index (κ2) is 4.50.